The van der Waals surface area contributed by atoms with Gasteiger partial charge >= 0.3 is 0 Å². The van der Waals surface area contributed by atoms with E-state index in [1.54, 1.807) is 0 Å². The Bertz CT molecular complexity index is 178. The van der Waals surface area contributed by atoms with Gasteiger partial charge in [-0.25, -0.2) is 0 Å². The molecule has 0 radical (unpaired) electrons. The van der Waals surface area contributed by atoms with E-state index in [2.05, 4.69) is 13.8 Å². The van der Waals surface area contributed by atoms with Gasteiger partial charge in [0.2, 0.25) is 0 Å². The maximum absolute atomic E-state index is 5.98. The molecule has 76 valence electrons. The SMILES string of the molecule is CCCC(C)C1(CN)CC2CC2C1. The highest BCUT2D eigenvalue weighted by atomic mass is 14.7. The monoisotopic (exact) mass is 181 g/mol. The molecule has 2 rings (SSSR count). The molecule has 0 aromatic carbocycles. The van der Waals surface area contributed by atoms with E-state index in [9.17, 15) is 0 Å². The Balaban J connectivity index is 1.98. The summed E-state index contributed by atoms with van der Waals surface area (Å²) in [6, 6.07) is 0. The Labute approximate surface area is 82.1 Å². The van der Waals surface area contributed by atoms with E-state index in [-0.39, 0.29) is 0 Å². The molecule has 2 saturated carbocycles. The summed E-state index contributed by atoms with van der Waals surface area (Å²) in [6.07, 6.45) is 7.08. The van der Waals surface area contributed by atoms with Crippen LogP contribution in [0.2, 0.25) is 0 Å². The Hall–Kier alpha value is -0.0400. The summed E-state index contributed by atoms with van der Waals surface area (Å²) in [5.74, 6) is 3.00. The molecule has 2 aliphatic rings. The van der Waals surface area contributed by atoms with Gasteiger partial charge in [-0.15, -0.1) is 0 Å². The number of nitrogens with two attached hydrogens (primary N) is 1. The highest BCUT2D eigenvalue weighted by molar-refractivity contribution is 5.05. The maximum Gasteiger partial charge on any atom is -0.00178 e. The van der Waals surface area contributed by atoms with Crippen molar-refractivity contribution < 1.29 is 0 Å². The van der Waals surface area contributed by atoms with Crippen LogP contribution in [-0.4, -0.2) is 6.54 Å². The van der Waals surface area contributed by atoms with Crippen LogP contribution in [0.3, 0.4) is 0 Å². The molecule has 3 unspecified atom stereocenters. The lowest BCUT2D eigenvalue weighted by Crippen LogP contribution is -2.35. The van der Waals surface area contributed by atoms with Crippen LogP contribution < -0.4 is 5.73 Å². The van der Waals surface area contributed by atoms with Crippen LogP contribution in [0, 0.1) is 23.2 Å². The Morgan fingerprint density at radius 3 is 2.46 bits per heavy atom. The van der Waals surface area contributed by atoms with Crippen LogP contribution in [0.25, 0.3) is 0 Å². The third-order valence-electron chi connectivity index (χ3n) is 4.58. The highest BCUT2D eigenvalue weighted by Gasteiger charge is 2.54. The van der Waals surface area contributed by atoms with E-state index in [1.807, 2.05) is 0 Å². The summed E-state index contributed by atoms with van der Waals surface area (Å²) in [7, 11) is 0. The van der Waals surface area contributed by atoms with E-state index in [0.29, 0.717) is 5.41 Å². The molecule has 0 heterocycles. The van der Waals surface area contributed by atoms with Crippen molar-refractivity contribution in [2.45, 2.75) is 46.0 Å². The van der Waals surface area contributed by atoms with Crippen molar-refractivity contribution in [3.63, 3.8) is 0 Å². The predicted octanol–water partition coefficient (Wildman–Crippen LogP) is 2.80. The second kappa shape index (κ2) is 3.27. The second-order valence-electron chi connectivity index (χ2n) is 5.42. The zero-order chi connectivity index (χ0) is 9.47. The van der Waals surface area contributed by atoms with Gasteiger partial charge in [-0.05, 0) is 49.0 Å². The van der Waals surface area contributed by atoms with Crippen LogP contribution >= 0.6 is 0 Å². The molecule has 3 atom stereocenters. The Kier molecular flexibility index (Phi) is 2.39. The van der Waals surface area contributed by atoms with Crippen LogP contribution in [0.1, 0.15) is 46.0 Å². The number of hydrogen-bond acceptors (Lipinski definition) is 1. The van der Waals surface area contributed by atoms with Crippen molar-refractivity contribution in [1.29, 1.82) is 0 Å². The molecule has 1 heteroatoms. The number of fused-ring (bicyclic) bond motifs is 1. The number of rotatable bonds is 4. The first-order valence-electron chi connectivity index (χ1n) is 5.92. The standard InChI is InChI=1S/C12H23N/c1-3-4-9(2)12(8-13)6-10-5-11(10)7-12/h9-11H,3-8,13H2,1-2H3. The first kappa shape index (κ1) is 9.51. The van der Waals surface area contributed by atoms with Crippen molar-refractivity contribution in [2.75, 3.05) is 6.54 Å². The molecule has 0 saturated heterocycles. The van der Waals surface area contributed by atoms with Gasteiger partial charge in [0.1, 0.15) is 0 Å². The molecule has 2 fully saturated rings. The molecule has 13 heavy (non-hydrogen) atoms. The molecule has 2 N–H and O–H groups in total. The molecular weight excluding hydrogens is 158 g/mol. The molecule has 0 bridgehead atoms. The van der Waals surface area contributed by atoms with E-state index in [4.69, 9.17) is 5.73 Å². The largest absolute Gasteiger partial charge is 0.330 e. The summed E-state index contributed by atoms with van der Waals surface area (Å²) < 4.78 is 0. The van der Waals surface area contributed by atoms with Gasteiger partial charge in [-0.1, -0.05) is 26.7 Å². The normalized spacial score (nSPS) is 44.5. The van der Waals surface area contributed by atoms with Gasteiger partial charge in [0, 0.05) is 0 Å². The minimum atomic E-state index is 0.545. The first-order valence-corrected chi connectivity index (χ1v) is 5.92. The van der Waals surface area contributed by atoms with E-state index < -0.39 is 0 Å². The average molecular weight is 181 g/mol. The van der Waals surface area contributed by atoms with Crippen LogP contribution in [0.4, 0.5) is 0 Å². The minimum Gasteiger partial charge on any atom is -0.330 e. The van der Waals surface area contributed by atoms with E-state index in [0.717, 1.165) is 24.3 Å². The van der Waals surface area contributed by atoms with Crippen molar-refractivity contribution >= 4 is 0 Å². The number of hydrogen-bond donors (Lipinski definition) is 1. The van der Waals surface area contributed by atoms with Crippen LogP contribution in [0.5, 0.6) is 0 Å². The lowest BCUT2D eigenvalue weighted by molar-refractivity contribution is 0.159. The quantitative estimate of drug-likeness (QED) is 0.709. The van der Waals surface area contributed by atoms with Gasteiger partial charge in [0.25, 0.3) is 0 Å². The summed E-state index contributed by atoms with van der Waals surface area (Å²) >= 11 is 0. The fraction of sp³-hybridized carbons (Fsp3) is 1.00. The second-order valence-corrected chi connectivity index (χ2v) is 5.42. The Morgan fingerprint density at radius 1 is 1.38 bits per heavy atom. The molecule has 0 aromatic heterocycles. The van der Waals surface area contributed by atoms with E-state index in [1.165, 1.54) is 32.1 Å². The van der Waals surface area contributed by atoms with Crippen molar-refractivity contribution in [3.8, 4) is 0 Å². The average Bonchev–Trinajstić information content (AvgIpc) is 2.74. The molecule has 2 aliphatic carbocycles. The van der Waals surface area contributed by atoms with E-state index >= 15 is 0 Å². The minimum absolute atomic E-state index is 0.545. The van der Waals surface area contributed by atoms with Crippen molar-refractivity contribution in [2.24, 2.45) is 28.9 Å². The zero-order valence-electron chi connectivity index (χ0n) is 9.05. The molecular formula is C12H23N. The fourth-order valence-corrected chi connectivity index (χ4v) is 3.45. The smallest absolute Gasteiger partial charge is 0.00178 e. The summed E-state index contributed by atoms with van der Waals surface area (Å²) in [4.78, 5) is 0. The maximum atomic E-state index is 5.98. The van der Waals surface area contributed by atoms with Crippen LogP contribution in [0.15, 0.2) is 0 Å². The molecule has 0 aliphatic heterocycles. The molecule has 1 nitrogen and oxygen atoms in total. The highest BCUT2D eigenvalue weighted by Crippen LogP contribution is 2.62. The van der Waals surface area contributed by atoms with Gasteiger partial charge in [-0.3, -0.25) is 0 Å². The topological polar surface area (TPSA) is 26.0 Å². The summed E-state index contributed by atoms with van der Waals surface area (Å²) in [5.41, 5.74) is 6.53. The molecule has 0 amide bonds. The van der Waals surface area contributed by atoms with Gasteiger partial charge < -0.3 is 5.73 Å². The fourth-order valence-electron chi connectivity index (χ4n) is 3.45. The first-order chi connectivity index (χ1) is 6.22. The lowest BCUT2D eigenvalue weighted by Gasteiger charge is -2.36. The third-order valence-corrected chi connectivity index (χ3v) is 4.58. The van der Waals surface area contributed by atoms with Crippen LogP contribution in [-0.2, 0) is 0 Å². The van der Waals surface area contributed by atoms with Gasteiger partial charge in [0.15, 0.2) is 0 Å². The lowest BCUT2D eigenvalue weighted by atomic mass is 9.71. The zero-order valence-corrected chi connectivity index (χ0v) is 9.05. The molecule has 0 aromatic rings. The summed E-state index contributed by atoms with van der Waals surface area (Å²) in [6.45, 7) is 5.64. The Morgan fingerprint density at radius 2 is 2.00 bits per heavy atom. The third kappa shape index (κ3) is 1.52. The van der Waals surface area contributed by atoms with Crippen molar-refractivity contribution in [3.05, 3.63) is 0 Å². The molecule has 0 spiro atoms. The van der Waals surface area contributed by atoms with Gasteiger partial charge in [-0.2, -0.15) is 0 Å². The van der Waals surface area contributed by atoms with Gasteiger partial charge in [0.05, 0.1) is 0 Å². The predicted molar refractivity (Wildman–Crippen MR) is 56.4 cm³/mol. The van der Waals surface area contributed by atoms with Crippen molar-refractivity contribution in [1.82, 2.24) is 0 Å². The summed E-state index contributed by atoms with van der Waals surface area (Å²) in [5, 5.41) is 0.